The van der Waals surface area contributed by atoms with Gasteiger partial charge in [0.2, 0.25) is 0 Å². The van der Waals surface area contributed by atoms with Gasteiger partial charge in [-0.05, 0) is 28.8 Å². The molecule has 4 atom stereocenters. The third-order valence-corrected chi connectivity index (χ3v) is 8.75. The van der Waals surface area contributed by atoms with Gasteiger partial charge in [0.15, 0.2) is 0 Å². The van der Waals surface area contributed by atoms with Gasteiger partial charge in [-0.15, -0.1) is 0 Å². The second-order valence-electron chi connectivity index (χ2n) is 10.5. The zero-order valence-corrected chi connectivity index (χ0v) is 24.9. The first-order valence-corrected chi connectivity index (χ1v) is 15.6. The number of nitrogens with zero attached hydrogens (tertiary/aromatic N) is 1. The molecule has 45 heavy (non-hydrogen) atoms. The van der Waals surface area contributed by atoms with Gasteiger partial charge in [0.05, 0.1) is 29.6 Å². The van der Waals surface area contributed by atoms with Gasteiger partial charge in [-0.2, -0.15) is 8.42 Å². The molecule has 1 fully saturated rings. The molecule has 11 nitrogen and oxygen atoms in total. The van der Waals surface area contributed by atoms with E-state index in [0.29, 0.717) is 0 Å². The van der Waals surface area contributed by atoms with E-state index in [4.69, 9.17) is 18.4 Å². The minimum Gasteiger partial charge on any atom is -0.387 e. The lowest BCUT2D eigenvalue weighted by atomic mass is 9.84. The van der Waals surface area contributed by atoms with Gasteiger partial charge in [0, 0.05) is 12.1 Å². The van der Waals surface area contributed by atoms with Crippen LogP contribution in [0.4, 0.5) is 5.69 Å². The van der Waals surface area contributed by atoms with Crippen LogP contribution in [0.2, 0.25) is 0 Å². The average Bonchev–Trinajstić information content (AvgIpc) is 3.05. The largest absolute Gasteiger partial charge is 0.387 e. The van der Waals surface area contributed by atoms with E-state index < -0.39 is 51.7 Å². The number of ether oxygens (including phenoxy) is 3. The van der Waals surface area contributed by atoms with Crippen LogP contribution in [0.25, 0.3) is 0 Å². The summed E-state index contributed by atoms with van der Waals surface area (Å²) in [6.45, 7) is 0.00286. The maximum atomic E-state index is 13.5. The highest BCUT2D eigenvalue weighted by molar-refractivity contribution is 7.86. The van der Waals surface area contributed by atoms with Crippen LogP contribution in [0.1, 0.15) is 16.7 Å². The number of benzene rings is 4. The molecule has 4 aromatic carbocycles. The molecule has 0 aromatic heterocycles. The molecule has 2 N–H and O–H groups in total. The van der Waals surface area contributed by atoms with Crippen LogP contribution in [0.15, 0.2) is 120 Å². The molecule has 0 spiro atoms. The lowest BCUT2D eigenvalue weighted by Crippen LogP contribution is -2.66. The Labute approximate surface area is 260 Å². The molecular weight excluding hydrogens is 602 g/mol. The molecule has 1 saturated carbocycles. The number of hydrogen-bond acceptors (Lipinski definition) is 10. The molecule has 0 radical (unpaired) electrons. The van der Waals surface area contributed by atoms with Crippen LogP contribution in [0.5, 0.6) is 0 Å². The van der Waals surface area contributed by atoms with E-state index in [1.54, 1.807) is 24.3 Å². The van der Waals surface area contributed by atoms with Crippen molar-refractivity contribution < 1.29 is 41.9 Å². The normalized spacial score (nSPS) is 23.4. The van der Waals surface area contributed by atoms with E-state index in [2.05, 4.69) is 0 Å². The maximum absolute atomic E-state index is 13.5. The number of aliphatic hydroxyl groups excluding tert-OH is 2. The summed E-state index contributed by atoms with van der Waals surface area (Å²) in [7, 11) is -4.60. The third kappa shape index (κ3) is 8.18. The topological polar surface area (TPSA) is 155 Å². The Hall–Kier alpha value is -4.01. The number of nitro groups is 1. The van der Waals surface area contributed by atoms with Crippen molar-refractivity contribution in [2.24, 2.45) is 0 Å². The van der Waals surface area contributed by atoms with E-state index in [9.17, 15) is 28.7 Å². The van der Waals surface area contributed by atoms with Crippen molar-refractivity contribution in [2.45, 2.75) is 61.3 Å². The summed E-state index contributed by atoms with van der Waals surface area (Å²) in [5, 5.41) is 34.3. The smallest absolute Gasteiger partial charge is 0.297 e. The molecule has 0 bridgehead atoms. The summed E-state index contributed by atoms with van der Waals surface area (Å²) >= 11 is 0. The van der Waals surface area contributed by atoms with Crippen LogP contribution in [-0.2, 0) is 48.3 Å². The Morgan fingerprint density at radius 1 is 0.578 bits per heavy atom. The zero-order valence-electron chi connectivity index (χ0n) is 24.1. The third-order valence-electron chi connectivity index (χ3n) is 7.42. The highest BCUT2D eigenvalue weighted by Gasteiger charge is 2.54. The Balaban J connectivity index is 1.48. The van der Waals surface area contributed by atoms with E-state index in [-0.39, 0.29) is 30.4 Å². The van der Waals surface area contributed by atoms with Crippen LogP contribution in [-0.4, -0.2) is 60.2 Å². The molecule has 1 aliphatic carbocycles. The van der Waals surface area contributed by atoms with E-state index in [1.807, 2.05) is 66.7 Å². The van der Waals surface area contributed by atoms with Crippen molar-refractivity contribution in [1.82, 2.24) is 0 Å². The van der Waals surface area contributed by atoms with E-state index in [1.165, 1.54) is 0 Å². The zero-order chi connectivity index (χ0) is 31.8. The Bertz CT molecular complexity index is 1570. The second kappa shape index (κ2) is 14.8. The molecule has 0 saturated heterocycles. The molecule has 236 valence electrons. The Kier molecular flexibility index (Phi) is 10.7. The molecule has 0 heterocycles. The number of nitro benzene ring substituents is 1. The first-order valence-electron chi connectivity index (χ1n) is 14.2. The number of hydrogen-bond donors (Lipinski definition) is 2. The van der Waals surface area contributed by atoms with Gasteiger partial charge in [0.25, 0.3) is 15.8 Å². The monoisotopic (exact) mass is 635 g/mol. The van der Waals surface area contributed by atoms with Crippen LogP contribution in [0, 0.1) is 10.1 Å². The summed E-state index contributed by atoms with van der Waals surface area (Å²) in [5.74, 6) is 0. The first kappa shape index (κ1) is 32.4. The molecule has 5 rings (SSSR count). The van der Waals surface area contributed by atoms with Crippen molar-refractivity contribution in [3.8, 4) is 0 Å². The molecule has 0 amide bonds. The van der Waals surface area contributed by atoms with Gasteiger partial charge in [-0.25, -0.2) is 0 Å². The quantitative estimate of drug-likeness (QED) is 0.124. The van der Waals surface area contributed by atoms with Crippen molar-refractivity contribution in [1.29, 1.82) is 0 Å². The fourth-order valence-corrected chi connectivity index (χ4v) is 6.17. The minimum absolute atomic E-state index is 0.0209. The predicted octanol–water partition coefficient (Wildman–Crippen LogP) is 4.16. The van der Waals surface area contributed by atoms with Crippen LogP contribution in [0.3, 0.4) is 0 Å². The van der Waals surface area contributed by atoms with Gasteiger partial charge in [-0.3, -0.25) is 14.3 Å². The summed E-state index contributed by atoms with van der Waals surface area (Å²) < 4.78 is 51.1. The van der Waals surface area contributed by atoms with Crippen molar-refractivity contribution in [3.05, 3.63) is 142 Å². The highest BCUT2D eigenvalue weighted by atomic mass is 32.2. The molecule has 1 aliphatic rings. The first-order chi connectivity index (χ1) is 21.7. The number of rotatable bonds is 13. The van der Waals surface area contributed by atoms with E-state index >= 15 is 0 Å². The van der Waals surface area contributed by atoms with Gasteiger partial charge >= 0.3 is 0 Å². The maximum Gasteiger partial charge on any atom is 0.297 e. The van der Waals surface area contributed by atoms with Crippen molar-refractivity contribution in [2.75, 3.05) is 0 Å². The van der Waals surface area contributed by atoms with Crippen LogP contribution >= 0.6 is 0 Å². The molecular formula is C33H33NO10S. The standard InChI is InChI=1S/C33H33NO10S/c35-28-30(41-20-23-10-4-1-5-11-23)29(36)32(43-22-25-14-8-3-9-15-25)33(31(28)42-21-24-12-6-2-7-13-24)44-45(39,40)27-18-16-26(17-19-27)34(37)38/h1-19,28-33,35-36H,20-22H2. The molecule has 0 aliphatic heterocycles. The summed E-state index contributed by atoms with van der Waals surface area (Å²) in [4.78, 5) is 10.1. The van der Waals surface area contributed by atoms with Gasteiger partial charge < -0.3 is 24.4 Å². The minimum atomic E-state index is -4.60. The SMILES string of the molecule is O=[N+]([O-])c1ccc(S(=O)(=O)OC2C(OCc3ccccc3)C(O)C(OCc3ccccc3)C(O)C2OCc2ccccc2)cc1. The van der Waals surface area contributed by atoms with Gasteiger partial charge in [0.1, 0.15) is 36.6 Å². The van der Waals surface area contributed by atoms with Crippen molar-refractivity contribution in [3.63, 3.8) is 0 Å². The second-order valence-corrected chi connectivity index (χ2v) is 12.1. The fourth-order valence-electron chi connectivity index (χ4n) is 5.08. The Morgan fingerprint density at radius 2 is 0.956 bits per heavy atom. The predicted molar refractivity (Wildman–Crippen MR) is 162 cm³/mol. The van der Waals surface area contributed by atoms with Gasteiger partial charge in [-0.1, -0.05) is 91.0 Å². The molecule has 4 aromatic rings. The molecule has 4 unspecified atom stereocenters. The van der Waals surface area contributed by atoms with Crippen molar-refractivity contribution >= 4 is 15.8 Å². The summed E-state index contributed by atoms with van der Waals surface area (Å²) in [6.07, 6.45) is -8.55. The average molecular weight is 636 g/mol. The fraction of sp³-hybridized carbons (Fsp3) is 0.273. The molecule has 12 heteroatoms. The number of aliphatic hydroxyl groups is 2. The summed E-state index contributed by atoms with van der Waals surface area (Å²) in [6, 6.07) is 31.5. The summed E-state index contributed by atoms with van der Waals surface area (Å²) in [5.41, 5.74) is 1.98. The highest BCUT2D eigenvalue weighted by Crippen LogP contribution is 2.34. The Morgan fingerprint density at radius 3 is 1.33 bits per heavy atom. The lowest BCUT2D eigenvalue weighted by molar-refractivity contribution is -0.384. The lowest BCUT2D eigenvalue weighted by Gasteiger charge is -2.46. The van der Waals surface area contributed by atoms with Crippen LogP contribution < -0.4 is 0 Å². The van der Waals surface area contributed by atoms with E-state index in [0.717, 1.165) is 41.0 Å². The number of non-ortho nitro benzene ring substituents is 1.